The summed E-state index contributed by atoms with van der Waals surface area (Å²) < 4.78 is 5.79. The minimum Gasteiger partial charge on any atom is -0.453 e. The molecule has 1 aromatic carbocycles. The van der Waals surface area contributed by atoms with Gasteiger partial charge in [0.25, 0.3) is 0 Å². The number of rotatable bonds is 4. The van der Waals surface area contributed by atoms with Crippen molar-refractivity contribution in [2.75, 3.05) is 0 Å². The van der Waals surface area contributed by atoms with Gasteiger partial charge in [-0.3, -0.25) is 0 Å². The van der Waals surface area contributed by atoms with Crippen LogP contribution in [0, 0.1) is 0 Å². The summed E-state index contributed by atoms with van der Waals surface area (Å²) in [5, 5.41) is 4.41. The van der Waals surface area contributed by atoms with E-state index in [0.717, 1.165) is 23.2 Å². The molecule has 0 atom stereocenters. The lowest BCUT2D eigenvalue weighted by atomic mass is 10.2. The van der Waals surface area contributed by atoms with E-state index >= 15 is 0 Å². The second-order valence-electron chi connectivity index (χ2n) is 5.06. The first-order chi connectivity index (χ1) is 9.72. The molecule has 0 fully saturated rings. The molecule has 20 heavy (non-hydrogen) atoms. The molecule has 1 N–H and O–H groups in total. The van der Waals surface area contributed by atoms with Crippen LogP contribution in [-0.4, -0.2) is 16.0 Å². The number of furan rings is 1. The number of benzene rings is 1. The topological polar surface area (TPSA) is 51.0 Å². The lowest BCUT2D eigenvalue weighted by Gasteiger charge is -2.07. The van der Waals surface area contributed by atoms with Crippen molar-refractivity contribution in [3.63, 3.8) is 0 Å². The van der Waals surface area contributed by atoms with Crippen LogP contribution in [0.5, 0.6) is 0 Å². The summed E-state index contributed by atoms with van der Waals surface area (Å²) in [6, 6.07) is 12.2. The number of hydrogen-bond donors (Lipinski definition) is 1. The van der Waals surface area contributed by atoms with Gasteiger partial charge in [0.15, 0.2) is 11.6 Å². The van der Waals surface area contributed by atoms with Crippen molar-refractivity contribution in [1.29, 1.82) is 0 Å². The first-order valence-electron chi connectivity index (χ1n) is 6.76. The van der Waals surface area contributed by atoms with Gasteiger partial charge in [-0.2, -0.15) is 0 Å². The SMILES string of the molecule is CC(C)NCc1ccnc(-c2cc3ccccc3o2)n1. The molecule has 0 bridgehead atoms. The van der Waals surface area contributed by atoms with Crippen LogP contribution in [0.25, 0.3) is 22.6 Å². The molecule has 0 aliphatic rings. The zero-order chi connectivity index (χ0) is 13.9. The Bertz CT molecular complexity index is 685. The molecule has 2 heterocycles. The summed E-state index contributed by atoms with van der Waals surface area (Å²) >= 11 is 0. The molecular weight excluding hydrogens is 250 g/mol. The Hall–Kier alpha value is -2.20. The summed E-state index contributed by atoms with van der Waals surface area (Å²) in [7, 11) is 0. The summed E-state index contributed by atoms with van der Waals surface area (Å²) in [6.45, 7) is 4.95. The fraction of sp³-hybridized carbons (Fsp3) is 0.250. The Morgan fingerprint density at radius 3 is 2.85 bits per heavy atom. The van der Waals surface area contributed by atoms with E-state index in [-0.39, 0.29) is 0 Å². The highest BCUT2D eigenvalue weighted by Gasteiger charge is 2.09. The van der Waals surface area contributed by atoms with Crippen LogP contribution in [0.3, 0.4) is 0 Å². The highest BCUT2D eigenvalue weighted by Crippen LogP contribution is 2.25. The Morgan fingerprint density at radius 2 is 2.05 bits per heavy atom. The van der Waals surface area contributed by atoms with Crippen molar-refractivity contribution >= 4 is 11.0 Å². The molecule has 102 valence electrons. The van der Waals surface area contributed by atoms with Crippen LogP contribution in [0.1, 0.15) is 19.5 Å². The van der Waals surface area contributed by atoms with Crippen molar-refractivity contribution in [3.8, 4) is 11.6 Å². The average Bonchev–Trinajstić information content (AvgIpc) is 2.89. The van der Waals surface area contributed by atoms with Gasteiger partial charge >= 0.3 is 0 Å². The zero-order valence-corrected chi connectivity index (χ0v) is 11.6. The second-order valence-corrected chi connectivity index (χ2v) is 5.06. The number of fused-ring (bicyclic) bond motifs is 1. The fourth-order valence-corrected chi connectivity index (χ4v) is 2.01. The molecule has 4 heteroatoms. The molecule has 0 saturated heterocycles. The van der Waals surface area contributed by atoms with Gasteiger partial charge in [-0.1, -0.05) is 32.0 Å². The van der Waals surface area contributed by atoms with Crippen LogP contribution in [0.2, 0.25) is 0 Å². The van der Waals surface area contributed by atoms with Crippen LogP contribution in [-0.2, 0) is 6.54 Å². The standard InChI is InChI=1S/C16H17N3O/c1-11(2)18-10-13-7-8-17-16(19-13)15-9-12-5-3-4-6-14(12)20-15/h3-9,11,18H,10H2,1-2H3. The second kappa shape index (κ2) is 5.43. The van der Waals surface area contributed by atoms with E-state index in [9.17, 15) is 0 Å². The first kappa shape index (κ1) is 12.8. The lowest BCUT2D eigenvalue weighted by Crippen LogP contribution is -2.22. The van der Waals surface area contributed by atoms with Crippen molar-refractivity contribution in [1.82, 2.24) is 15.3 Å². The number of para-hydroxylation sites is 1. The van der Waals surface area contributed by atoms with E-state index in [2.05, 4.69) is 29.1 Å². The van der Waals surface area contributed by atoms with E-state index in [1.807, 2.05) is 36.4 Å². The third-order valence-electron chi connectivity index (χ3n) is 3.05. The van der Waals surface area contributed by atoms with E-state index in [1.54, 1.807) is 6.20 Å². The van der Waals surface area contributed by atoms with Gasteiger partial charge in [0, 0.05) is 24.2 Å². The Kier molecular flexibility index (Phi) is 3.48. The summed E-state index contributed by atoms with van der Waals surface area (Å²) in [4.78, 5) is 8.84. The third kappa shape index (κ3) is 2.70. The Morgan fingerprint density at radius 1 is 1.20 bits per heavy atom. The van der Waals surface area contributed by atoms with Crippen molar-refractivity contribution in [3.05, 3.63) is 48.3 Å². The lowest BCUT2D eigenvalue weighted by molar-refractivity contribution is 0.579. The summed E-state index contributed by atoms with van der Waals surface area (Å²) in [5.74, 6) is 1.34. The van der Waals surface area contributed by atoms with E-state index in [4.69, 9.17) is 4.42 Å². The molecule has 0 amide bonds. The minimum atomic E-state index is 0.430. The predicted octanol–water partition coefficient (Wildman–Crippen LogP) is 3.39. The molecule has 4 nitrogen and oxygen atoms in total. The van der Waals surface area contributed by atoms with Crippen LogP contribution in [0.15, 0.2) is 47.0 Å². The molecule has 2 aromatic heterocycles. The van der Waals surface area contributed by atoms with Crippen molar-refractivity contribution in [2.45, 2.75) is 26.4 Å². The number of aromatic nitrogens is 2. The molecule has 0 aliphatic heterocycles. The smallest absolute Gasteiger partial charge is 0.195 e. The van der Waals surface area contributed by atoms with Crippen LogP contribution >= 0.6 is 0 Å². The summed E-state index contributed by atoms with van der Waals surface area (Å²) in [6.07, 6.45) is 1.77. The fourth-order valence-electron chi connectivity index (χ4n) is 2.01. The predicted molar refractivity (Wildman–Crippen MR) is 79.2 cm³/mol. The van der Waals surface area contributed by atoms with Crippen LogP contribution in [0.4, 0.5) is 0 Å². The van der Waals surface area contributed by atoms with Gasteiger partial charge < -0.3 is 9.73 Å². The van der Waals surface area contributed by atoms with Crippen molar-refractivity contribution < 1.29 is 4.42 Å². The van der Waals surface area contributed by atoms with Crippen LogP contribution < -0.4 is 5.32 Å². The quantitative estimate of drug-likeness (QED) is 0.787. The molecule has 0 spiro atoms. The molecule has 0 saturated carbocycles. The zero-order valence-electron chi connectivity index (χ0n) is 11.6. The number of hydrogen-bond acceptors (Lipinski definition) is 4. The van der Waals surface area contributed by atoms with E-state index in [1.165, 1.54) is 0 Å². The first-order valence-corrected chi connectivity index (χ1v) is 6.76. The Labute approximate surface area is 117 Å². The number of nitrogens with one attached hydrogen (secondary N) is 1. The molecular formula is C16H17N3O. The summed E-state index contributed by atoms with van der Waals surface area (Å²) in [5.41, 5.74) is 1.82. The maximum atomic E-state index is 5.79. The molecule has 0 aliphatic carbocycles. The monoisotopic (exact) mass is 267 g/mol. The highest BCUT2D eigenvalue weighted by molar-refractivity contribution is 5.81. The maximum Gasteiger partial charge on any atom is 0.195 e. The van der Waals surface area contributed by atoms with Gasteiger partial charge in [-0.05, 0) is 18.2 Å². The largest absolute Gasteiger partial charge is 0.453 e. The molecule has 0 unspecified atom stereocenters. The van der Waals surface area contributed by atoms with Gasteiger partial charge in [-0.15, -0.1) is 0 Å². The average molecular weight is 267 g/mol. The molecule has 3 aromatic rings. The van der Waals surface area contributed by atoms with E-state index in [0.29, 0.717) is 17.6 Å². The highest BCUT2D eigenvalue weighted by atomic mass is 16.3. The van der Waals surface area contributed by atoms with Crippen molar-refractivity contribution in [2.24, 2.45) is 0 Å². The third-order valence-corrected chi connectivity index (χ3v) is 3.05. The van der Waals surface area contributed by atoms with E-state index < -0.39 is 0 Å². The normalized spacial score (nSPS) is 11.3. The molecule has 3 rings (SSSR count). The van der Waals surface area contributed by atoms with Gasteiger partial charge in [-0.25, -0.2) is 9.97 Å². The maximum absolute atomic E-state index is 5.79. The number of nitrogens with zero attached hydrogens (tertiary/aromatic N) is 2. The van der Waals surface area contributed by atoms with Gasteiger partial charge in [0.2, 0.25) is 0 Å². The Balaban J connectivity index is 1.91. The minimum absolute atomic E-state index is 0.430. The van der Waals surface area contributed by atoms with Gasteiger partial charge in [0.05, 0.1) is 5.69 Å². The van der Waals surface area contributed by atoms with Gasteiger partial charge in [0.1, 0.15) is 5.58 Å². The molecule has 0 radical (unpaired) electrons.